The van der Waals surface area contributed by atoms with Gasteiger partial charge in [-0.2, -0.15) is 0 Å². The standard InChI is InChI=1S/C15H30N4O/c1-12(2)19-15(16-3)18-10-9-17-14(20)11-13-7-5-4-6-8-13/h12-13H,4-11H2,1-3H3,(H,17,20)(H2,16,18,19). The Hall–Kier alpha value is -1.26. The van der Waals surface area contributed by atoms with Crippen molar-refractivity contribution in [2.45, 2.75) is 58.4 Å². The lowest BCUT2D eigenvalue weighted by Gasteiger charge is -2.21. The van der Waals surface area contributed by atoms with Gasteiger partial charge in [-0.1, -0.05) is 19.3 Å². The average molecular weight is 282 g/mol. The summed E-state index contributed by atoms with van der Waals surface area (Å²) in [5, 5.41) is 9.37. The van der Waals surface area contributed by atoms with E-state index in [2.05, 4.69) is 34.8 Å². The van der Waals surface area contributed by atoms with E-state index in [9.17, 15) is 4.79 Å². The second-order valence-corrected chi connectivity index (χ2v) is 5.86. The summed E-state index contributed by atoms with van der Waals surface area (Å²) in [6.07, 6.45) is 7.05. The van der Waals surface area contributed by atoms with Crippen LogP contribution in [0.15, 0.2) is 4.99 Å². The maximum absolute atomic E-state index is 11.8. The third kappa shape index (κ3) is 7.36. The van der Waals surface area contributed by atoms with Crippen molar-refractivity contribution in [3.05, 3.63) is 0 Å². The lowest BCUT2D eigenvalue weighted by Crippen LogP contribution is -2.44. The van der Waals surface area contributed by atoms with Crippen molar-refractivity contribution in [1.82, 2.24) is 16.0 Å². The summed E-state index contributed by atoms with van der Waals surface area (Å²) in [6, 6.07) is 0.349. The van der Waals surface area contributed by atoms with Crippen molar-refractivity contribution in [3.8, 4) is 0 Å². The quantitative estimate of drug-likeness (QED) is 0.394. The number of carbonyl (C=O) groups excluding carboxylic acids is 1. The van der Waals surface area contributed by atoms with Crippen LogP contribution in [-0.4, -0.2) is 38.0 Å². The number of carbonyl (C=O) groups is 1. The predicted octanol–water partition coefficient (Wildman–Crippen LogP) is 1.65. The maximum atomic E-state index is 11.8. The SMILES string of the molecule is CN=C(NCCNC(=O)CC1CCCCC1)NC(C)C. The van der Waals surface area contributed by atoms with E-state index in [-0.39, 0.29) is 5.91 Å². The fourth-order valence-electron chi connectivity index (χ4n) is 2.58. The fourth-order valence-corrected chi connectivity index (χ4v) is 2.58. The van der Waals surface area contributed by atoms with Crippen LogP contribution in [0.3, 0.4) is 0 Å². The minimum Gasteiger partial charge on any atom is -0.355 e. The van der Waals surface area contributed by atoms with Gasteiger partial charge in [0, 0.05) is 32.6 Å². The highest BCUT2D eigenvalue weighted by atomic mass is 16.1. The molecule has 0 heterocycles. The van der Waals surface area contributed by atoms with Crippen molar-refractivity contribution >= 4 is 11.9 Å². The number of rotatable bonds is 6. The molecule has 1 aliphatic carbocycles. The van der Waals surface area contributed by atoms with Crippen LogP contribution in [0.2, 0.25) is 0 Å². The normalized spacial score (nSPS) is 17.1. The van der Waals surface area contributed by atoms with Crippen molar-refractivity contribution in [2.75, 3.05) is 20.1 Å². The summed E-state index contributed by atoms with van der Waals surface area (Å²) < 4.78 is 0. The zero-order valence-corrected chi connectivity index (χ0v) is 13.2. The van der Waals surface area contributed by atoms with Crippen molar-refractivity contribution in [3.63, 3.8) is 0 Å². The number of nitrogens with one attached hydrogen (secondary N) is 3. The van der Waals surface area contributed by atoms with Crippen LogP contribution < -0.4 is 16.0 Å². The van der Waals surface area contributed by atoms with Crippen LogP contribution in [0.25, 0.3) is 0 Å². The van der Waals surface area contributed by atoms with Gasteiger partial charge in [0.15, 0.2) is 5.96 Å². The summed E-state index contributed by atoms with van der Waals surface area (Å²) in [6.45, 7) is 5.48. The summed E-state index contributed by atoms with van der Waals surface area (Å²) in [5.74, 6) is 1.57. The lowest BCUT2D eigenvalue weighted by molar-refractivity contribution is -0.122. The topological polar surface area (TPSA) is 65.5 Å². The van der Waals surface area contributed by atoms with Gasteiger partial charge in [-0.3, -0.25) is 9.79 Å². The minimum atomic E-state index is 0.186. The average Bonchev–Trinajstić information content (AvgIpc) is 2.43. The number of hydrogen-bond acceptors (Lipinski definition) is 2. The molecule has 5 nitrogen and oxygen atoms in total. The van der Waals surface area contributed by atoms with Crippen molar-refractivity contribution < 1.29 is 4.79 Å². The zero-order valence-electron chi connectivity index (χ0n) is 13.2. The largest absolute Gasteiger partial charge is 0.355 e. The maximum Gasteiger partial charge on any atom is 0.220 e. The molecule has 0 bridgehead atoms. The summed E-state index contributed by atoms with van der Waals surface area (Å²) in [7, 11) is 1.75. The molecular formula is C15H30N4O. The lowest BCUT2D eigenvalue weighted by atomic mass is 9.87. The molecule has 5 heteroatoms. The van der Waals surface area contributed by atoms with E-state index in [0.717, 1.165) is 5.96 Å². The molecule has 20 heavy (non-hydrogen) atoms. The number of nitrogens with zero attached hydrogens (tertiary/aromatic N) is 1. The summed E-state index contributed by atoms with van der Waals surface area (Å²) >= 11 is 0. The molecule has 0 aliphatic heterocycles. The molecule has 0 aromatic heterocycles. The molecule has 1 rings (SSSR count). The van der Waals surface area contributed by atoms with E-state index in [0.29, 0.717) is 31.5 Å². The number of guanidine groups is 1. The number of amides is 1. The van der Waals surface area contributed by atoms with Gasteiger partial charge in [0.05, 0.1) is 0 Å². The van der Waals surface area contributed by atoms with Crippen LogP contribution in [0.1, 0.15) is 52.4 Å². The first-order valence-electron chi connectivity index (χ1n) is 7.85. The molecule has 0 aromatic rings. The smallest absolute Gasteiger partial charge is 0.220 e. The Morgan fingerprint density at radius 1 is 1.15 bits per heavy atom. The molecule has 3 N–H and O–H groups in total. The zero-order chi connectivity index (χ0) is 14.8. The minimum absolute atomic E-state index is 0.186. The molecule has 0 unspecified atom stereocenters. The van der Waals surface area contributed by atoms with Crippen LogP contribution in [0.4, 0.5) is 0 Å². The van der Waals surface area contributed by atoms with Crippen LogP contribution in [0, 0.1) is 5.92 Å². The third-order valence-electron chi connectivity index (χ3n) is 3.59. The first kappa shape index (κ1) is 16.8. The molecule has 116 valence electrons. The van der Waals surface area contributed by atoms with Gasteiger partial charge >= 0.3 is 0 Å². The first-order chi connectivity index (χ1) is 9.61. The molecule has 0 spiro atoms. The second-order valence-electron chi connectivity index (χ2n) is 5.86. The van der Waals surface area contributed by atoms with Crippen LogP contribution in [-0.2, 0) is 4.79 Å². The molecule has 1 fully saturated rings. The highest BCUT2D eigenvalue weighted by Gasteiger charge is 2.16. The molecule has 1 saturated carbocycles. The van der Waals surface area contributed by atoms with Gasteiger partial charge in [-0.05, 0) is 32.6 Å². The van der Waals surface area contributed by atoms with Gasteiger partial charge in [-0.15, -0.1) is 0 Å². The Labute approximate surface area is 123 Å². The fraction of sp³-hybridized carbons (Fsp3) is 0.867. The van der Waals surface area contributed by atoms with E-state index < -0.39 is 0 Å². The van der Waals surface area contributed by atoms with Crippen molar-refractivity contribution in [2.24, 2.45) is 10.9 Å². The molecule has 1 amide bonds. The Morgan fingerprint density at radius 2 is 1.80 bits per heavy atom. The van der Waals surface area contributed by atoms with E-state index in [4.69, 9.17) is 0 Å². The summed E-state index contributed by atoms with van der Waals surface area (Å²) in [4.78, 5) is 15.9. The van der Waals surface area contributed by atoms with Gasteiger partial charge in [0.25, 0.3) is 0 Å². The van der Waals surface area contributed by atoms with Gasteiger partial charge in [0.1, 0.15) is 0 Å². The van der Waals surface area contributed by atoms with Gasteiger partial charge in [-0.25, -0.2) is 0 Å². The Morgan fingerprint density at radius 3 is 2.40 bits per heavy atom. The highest BCUT2D eigenvalue weighted by Crippen LogP contribution is 2.25. The predicted molar refractivity (Wildman–Crippen MR) is 83.8 cm³/mol. The van der Waals surface area contributed by atoms with Crippen LogP contribution >= 0.6 is 0 Å². The molecule has 0 radical (unpaired) electrons. The Bertz CT molecular complexity index is 309. The van der Waals surface area contributed by atoms with Crippen LogP contribution in [0.5, 0.6) is 0 Å². The van der Waals surface area contributed by atoms with E-state index in [1.54, 1.807) is 7.05 Å². The monoisotopic (exact) mass is 282 g/mol. The molecular weight excluding hydrogens is 252 g/mol. The summed E-state index contributed by atoms with van der Waals surface area (Å²) in [5.41, 5.74) is 0. The van der Waals surface area contributed by atoms with E-state index in [1.165, 1.54) is 32.1 Å². The third-order valence-corrected chi connectivity index (χ3v) is 3.59. The Kier molecular flexibility index (Phi) is 8.07. The van der Waals surface area contributed by atoms with Gasteiger partial charge in [0.2, 0.25) is 5.91 Å². The number of hydrogen-bond donors (Lipinski definition) is 3. The molecule has 1 aliphatic rings. The number of aliphatic imine (C=N–C) groups is 1. The molecule has 0 aromatic carbocycles. The molecule has 0 saturated heterocycles. The van der Waals surface area contributed by atoms with Crippen molar-refractivity contribution in [1.29, 1.82) is 0 Å². The highest BCUT2D eigenvalue weighted by molar-refractivity contribution is 5.80. The van der Waals surface area contributed by atoms with Gasteiger partial charge < -0.3 is 16.0 Å². The Balaban J connectivity index is 2.09. The first-order valence-corrected chi connectivity index (χ1v) is 7.85. The molecule has 0 atom stereocenters. The van der Waals surface area contributed by atoms with E-state index in [1.807, 2.05) is 0 Å². The van der Waals surface area contributed by atoms with E-state index >= 15 is 0 Å². The second kappa shape index (κ2) is 9.61.